The highest BCUT2D eigenvalue weighted by Crippen LogP contribution is 2.09. The van der Waals surface area contributed by atoms with Crippen LogP contribution in [0.3, 0.4) is 0 Å². The van der Waals surface area contributed by atoms with Crippen LogP contribution in [-0.2, 0) is 17.8 Å². The zero-order valence-corrected chi connectivity index (χ0v) is 10.7. The van der Waals surface area contributed by atoms with Crippen LogP contribution in [0.15, 0.2) is 24.3 Å². The number of carbonyl (C=O) groups excluding carboxylic acids is 2. The van der Waals surface area contributed by atoms with E-state index >= 15 is 0 Å². The van der Waals surface area contributed by atoms with Gasteiger partial charge in [-0.3, -0.25) is 10.1 Å². The van der Waals surface area contributed by atoms with Crippen LogP contribution in [0.5, 0.6) is 0 Å². The lowest BCUT2D eigenvalue weighted by atomic mass is 10.1. The van der Waals surface area contributed by atoms with Gasteiger partial charge in [0.15, 0.2) is 0 Å². The molecule has 0 saturated heterocycles. The first-order valence-corrected chi connectivity index (χ1v) is 5.95. The van der Waals surface area contributed by atoms with E-state index in [1.54, 1.807) is 6.92 Å². The minimum absolute atomic E-state index is 0.420. The zero-order chi connectivity index (χ0) is 13.5. The van der Waals surface area contributed by atoms with E-state index in [2.05, 4.69) is 18.3 Å². The molecular formula is C13H19N3O2. The monoisotopic (exact) mass is 249 g/mol. The summed E-state index contributed by atoms with van der Waals surface area (Å²) in [5, 5.41) is 5.10. The lowest BCUT2D eigenvalue weighted by Crippen LogP contribution is -2.46. The number of carbonyl (C=O) groups is 2. The number of imide groups is 1. The Morgan fingerprint density at radius 2 is 1.89 bits per heavy atom. The van der Waals surface area contributed by atoms with E-state index in [0.717, 1.165) is 12.0 Å². The standard InChI is InChI=1S/C13H19N3O2/c1-3-10-6-4-5-7-11(10)8-15-9(2)12(17)16-13(14)18/h4-7,9,15H,3,8H2,1-2H3,(H3,14,16,17,18). The van der Waals surface area contributed by atoms with Crippen molar-refractivity contribution in [1.29, 1.82) is 0 Å². The summed E-state index contributed by atoms with van der Waals surface area (Å²) in [6.07, 6.45) is 0.944. The summed E-state index contributed by atoms with van der Waals surface area (Å²) in [6, 6.07) is 6.73. The number of rotatable bonds is 5. The van der Waals surface area contributed by atoms with Crippen LogP contribution in [0.1, 0.15) is 25.0 Å². The molecule has 1 aromatic rings. The van der Waals surface area contributed by atoms with E-state index in [0.29, 0.717) is 6.54 Å². The molecule has 0 radical (unpaired) electrons. The van der Waals surface area contributed by atoms with Gasteiger partial charge in [0, 0.05) is 6.54 Å². The number of urea groups is 1. The summed E-state index contributed by atoms with van der Waals surface area (Å²) in [4.78, 5) is 22.0. The topological polar surface area (TPSA) is 84.2 Å². The van der Waals surface area contributed by atoms with E-state index in [1.807, 2.05) is 23.5 Å². The molecule has 18 heavy (non-hydrogen) atoms. The number of nitrogens with one attached hydrogen (secondary N) is 2. The normalized spacial score (nSPS) is 11.9. The van der Waals surface area contributed by atoms with Crippen molar-refractivity contribution in [1.82, 2.24) is 10.6 Å². The van der Waals surface area contributed by atoms with Crippen LogP contribution < -0.4 is 16.4 Å². The van der Waals surface area contributed by atoms with Crippen molar-refractivity contribution < 1.29 is 9.59 Å². The van der Waals surface area contributed by atoms with E-state index in [4.69, 9.17) is 5.73 Å². The number of aryl methyl sites for hydroxylation is 1. The Bertz CT molecular complexity index is 432. The second-order valence-electron chi connectivity index (χ2n) is 4.08. The van der Waals surface area contributed by atoms with Crippen molar-refractivity contribution in [3.05, 3.63) is 35.4 Å². The Labute approximate surface area is 107 Å². The molecule has 0 aliphatic heterocycles. The Morgan fingerprint density at radius 3 is 2.44 bits per heavy atom. The third-order valence-electron chi connectivity index (χ3n) is 2.74. The van der Waals surface area contributed by atoms with Gasteiger partial charge in [-0.1, -0.05) is 31.2 Å². The molecule has 98 valence electrons. The molecule has 5 nitrogen and oxygen atoms in total. The summed E-state index contributed by atoms with van der Waals surface area (Å²) < 4.78 is 0. The largest absolute Gasteiger partial charge is 0.351 e. The van der Waals surface area contributed by atoms with Crippen molar-refractivity contribution in [2.45, 2.75) is 32.9 Å². The number of hydrogen-bond donors (Lipinski definition) is 3. The van der Waals surface area contributed by atoms with Crippen LogP contribution in [0.2, 0.25) is 0 Å². The van der Waals surface area contributed by atoms with E-state index in [1.165, 1.54) is 5.56 Å². The Morgan fingerprint density at radius 1 is 1.28 bits per heavy atom. The molecule has 1 rings (SSSR count). The average Bonchev–Trinajstić information content (AvgIpc) is 2.35. The van der Waals surface area contributed by atoms with Gasteiger partial charge in [0.1, 0.15) is 0 Å². The van der Waals surface area contributed by atoms with Gasteiger partial charge < -0.3 is 11.1 Å². The fourth-order valence-corrected chi connectivity index (χ4v) is 1.66. The molecule has 0 spiro atoms. The molecular weight excluding hydrogens is 230 g/mol. The van der Waals surface area contributed by atoms with Gasteiger partial charge >= 0.3 is 6.03 Å². The van der Waals surface area contributed by atoms with Gasteiger partial charge in [-0.2, -0.15) is 0 Å². The summed E-state index contributed by atoms with van der Waals surface area (Å²) in [6.45, 7) is 4.35. The van der Waals surface area contributed by atoms with Crippen molar-refractivity contribution in [3.63, 3.8) is 0 Å². The number of amides is 3. The number of hydrogen-bond acceptors (Lipinski definition) is 3. The number of primary amides is 1. The van der Waals surface area contributed by atoms with E-state index in [-0.39, 0.29) is 0 Å². The van der Waals surface area contributed by atoms with Gasteiger partial charge in [-0.05, 0) is 24.5 Å². The maximum Gasteiger partial charge on any atom is 0.318 e. The third kappa shape index (κ3) is 4.18. The van der Waals surface area contributed by atoms with Crippen LogP contribution >= 0.6 is 0 Å². The molecule has 0 saturated carbocycles. The van der Waals surface area contributed by atoms with E-state index < -0.39 is 18.0 Å². The summed E-state index contributed by atoms with van der Waals surface area (Å²) >= 11 is 0. The maximum atomic E-state index is 11.5. The van der Waals surface area contributed by atoms with Crippen LogP contribution in [0, 0.1) is 0 Å². The predicted molar refractivity (Wildman–Crippen MR) is 69.8 cm³/mol. The molecule has 1 atom stereocenters. The van der Waals surface area contributed by atoms with Crippen molar-refractivity contribution in [2.24, 2.45) is 5.73 Å². The third-order valence-corrected chi connectivity index (χ3v) is 2.74. The highest BCUT2D eigenvalue weighted by molar-refractivity contribution is 5.96. The summed E-state index contributed by atoms with van der Waals surface area (Å²) in [5.41, 5.74) is 7.28. The van der Waals surface area contributed by atoms with E-state index in [9.17, 15) is 9.59 Å². The van der Waals surface area contributed by atoms with Gasteiger partial charge in [0.05, 0.1) is 6.04 Å². The highest BCUT2D eigenvalue weighted by Gasteiger charge is 2.13. The van der Waals surface area contributed by atoms with Crippen LogP contribution in [-0.4, -0.2) is 18.0 Å². The minimum Gasteiger partial charge on any atom is -0.351 e. The zero-order valence-electron chi connectivity index (χ0n) is 10.7. The quantitative estimate of drug-likeness (QED) is 0.725. The molecule has 0 aliphatic rings. The smallest absolute Gasteiger partial charge is 0.318 e. The Balaban J connectivity index is 2.54. The molecule has 5 heteroatoms. The molecule has 4 N–H and O–H groups in total. The summed E-state index contributed by atoms with van der Waals surface area (Å²) in [5.74, 6) is -0.420. The lowest BCUT2D eigenvalue weighted by Gasteiger charge is -2.14. The van der Waals surface area contributed by atoms with Gasteiger partial charge in [0.25, 0.3) is 0 Å². The van der Waals surface area contributed by atoms with Crippen LogP contribution in [0.25, 0.3) is 0 Å². The van der Waals surface area contributed by atoms with Crippen molar-refractivity contribution in [3.8, 4) is 0 Å². The first-order chi connectivity index (χ1) is 8.54. The van der Waals surface area contributed by atoms with Crippen LogP contribution in [0.4, 0.5) is 4.79 Å². The van der Waals surface area contributed by atoms with Gasteiger partial charge in [-0.25, -0.2) is 4.79 Å². The SMILES string of the molecule is CCc1ccccc1CNC(C)C(=O)NC(N)=O. The minimum atomic E-state index is -0.831. The molecule has 0 bridgehead atoms. The molecule has 0 heterocycles. The lowest BCUT2D eigenvalue weighted by molar-refractivity contribution is -0.121. The molecule has 1 unspecified atom stereocenters. The van der Waals surface area contributed by atoms with Crippen molar-refractivity contribution in [2.75, 3.05) is 0 Å². The number of benzene rings is 1. The van der Waals surface area contributed by atoms with Crippen molar-refractivity contribution >= 4 is 11.9 Å². The Kier molecular flexibility index (Phi) is 5.32. The average molecular weight is 249 g/mol. The molecule has 0 aromatic heterocycles. The second kappa shape index (κ2) is 6.76. The number of nitrogens with two attached hydrogens (primary N) is 1. The first kappa shape index (κ1) is 14.2. The molecule has 0 fully saturated rings. The Hall–Kier alpha value is -1.88. The molecule has 0 aliphatic carbocycles. The summed E-state index contributed by atoms with van der Waals surface area (Å²) in [7, 11) is 0. The fraction of sp³-hybridized carbons (Fsp3) is 0.385. The molecule has 1 aromatic carbocycles. The van der Waals surface area contributed by atoms with Gasteiger partial charge in [0.2, 0.25) is 5.91 Å². The first-order valence-electron chi connectivity index (χ1n) is 5.95. The predicted octanol–water partition coefficient (Wildman–Crippen LogP) is 0.922. The molecule has 3 amide bonds. The van der Waals surface area contributed by atoms with Gasteiger partial charge in [-0.15, -0.1) is 0 Å². The fourth-order valence-electron chi connectivity index (χ4n) is 1.66. The second-order valence-corrected chi connectivity index (χ2v) is 4.08. The highest BCUT2D eigenvalue weighted by atomic mass is 16.2. The maximum absolute atomic E-state index is 11.5.